The van der Waals surface area contributed by atoms with Gasteiger partial charge in [0.25, 0.3) is 0 Å². The zero-order valence-corrected chi connectivity index (χ0v) is 19.7. The van der Waals surface area contributed by atoms with Gasteiger partial charge in [0.05, 0.1) is 26.4 Å². The highest BCUT2D eigenvalue weighted by Gasteiger charge is 2.16. The molecule has 0 bridgehead atoms. The molecule has 0 aliphatic rings. The van der Waals surface area contributed by atoms with Crippen LogP contribution in [0.4, 0.5) is 4.79 Å². The molecule has 0 aliphatic carbocycles. The van der Waals surface area contributed by atoms with Gasteiger partial charge in [-0.25, -0.2) is 4.79 Å². The minimum Gasteiger partial charge on any atom is -0.491 e. The Morgan fingerprint density at radius 3 is 1.97 bits per heavy atom. The zero-order chi connectivity index (χ0) is 24.1. The average molecular weight is 445 g/mol. The van der Waals surface area contributed by atoms with E-state index in [1.165, 1.54) is 5.56 Å². The van der Waals surface area contributed by atoms with Gasteiger partial charge in [-0.05, 0) is 39.8 Å². The maximum absolute atomic E-state index is 10.8. The van der Waals surface area contributed by atoms with Gasteiger partial charge in [-0.3, -0.25) is 4.79 Å². The Kier molecular flexibility index (Phi) is 19.5. The highest BCUT2D eigenvalue weighted by molar-refractivity contribution is 5.76. The quantitative estimate of drug-likeness (QED) is 0.444. The van der Waals surface area contributed by atoms with Crippen molar-refractivity contribution < 1.29 is 33.6 Å². The number of benzene rings is 1. The topological polar surface area (TPSA) is 129 Å². The number of rotatable bonds is 11. The monoisotopic (exact) mass is 444 g/mol. The molecule has 1 rings (SSSR count). The SMILES string of the molecule is CC.CC(C)(C)OC(=O)NCC(=O)O.Cc1ccc(OCCOCCOCCN)cc1. The second-order valence-electron chi connectivity index (χ2n) is 6.92. The lowest BCUT2D eigenvalue weighted by Crippen LogP contribution is -2.35. The predicted molar refractivity (Wildman–Crippen MR) is 121 cm³/mol. The molecule has 0 unspecified atom stereocenters. The Labute approximate surface area is 186 Å². The molecule has 0 spiro atoms. The predicted octanol–water partition coefficient (Wildman–Crippen LogP) is 2.99. The molecule has 180 valence electrons. The van der Waals surface area contributed by atoms with Crippen LogP contribution < -0.4 is 15.8 Å². The van der Waals surface area contributed by atoms with Crippen LogP contribution in [0.2, 0.25) is 0 Å². The summed E-state index contributed by atoms with van der Waals surface area (Å²) in [7, 11) is 0. The molecule has 0 heterocycles. The Hall–Kier alpha value is -2.36. The number of aryl methyl sites for hydroxylation is 1. The second kappa shape index (κ2) is 19.6. The van der Waals surface area contributed by atoms with Crippen LogP contribution in [-0.4, -0.2) is 68.9 Å². The summed E-state index contributed by atoms with van der Waals surface area (Å²) in [5, 5.41) is 10.3. The van der Waals surface area contributed by atoms with Crippen molar-refractivity contribution >= 4 is 12.1 Å². The molecule has 0 saturated heterocycles. The van der Waals surface area contributed by atoms with Crippen LogP contribution in [0.3, 0.4) is 0 Å². The molecule has 0 radical (unpaired) electrons. The van der Waals surface area contributed by atoms with E-state index in [-0.39, 0.29) is 0 Å². The highest BCUT2D eigenvalue weighted by atomic mass is 16.6. The van der Waals surface area contributed by atoms with Crippen molar-refractivity contribution in [2.24, 2.45) is 5.73 Å². The number of amides is 1. The molecule has 31 heavy (non-hydrogen) atoms. The Balaban J connectivity index is 0. The number of carboxylic acid groups (broad SMARTS) is 1. The Morgan fingerprint density at radius 2 is 1.48 bits per heavy atom. The molecule has 1 aromatic rings. The molecule has 0 fully saturated rings. The first-order valence-corrected chi connectivity index (χ1v) is 10.4. The maximum atomic E-state index is 10.8. The molecule has 1 aromatic carbocycles. The van der Waals surface area contributed by atoms with Gasteiger partial charge in [0.15, 0.2) is 0 Å². The van der Waals surface area contributed by atoms with Crippen LogP contribution in [0.15, 0.2) is 24.3 Å². The molecule has 1 amide bonds. The minimum absolute atomic E-state index is 0.422. The fourth-order valence-corrected chi connectivity index (χ4v) is 1.72. The van der Waals surface area contributed by atoms with E-state index in [9.17, 15) is 9.59 Å². The van der Waals surface area contributed by atoms with Gasteiger partial charge >= 0.3 is 12.1 Å². The van der Waals surface area contributed by atoms with Crippen molar-refractivity contribution in [3.63, 3.8) is 0 Å². The van der Waals surface area contributed by atoms with Crippen LogP contribution in [0.1, 0.15) is 40.2 Å². The van der Waals surface area contributed by atoms with E-state index in [1.54, 1.807) is 20.8 Å². The number of ether oxygens (including phenoxy) is 4. The molecular formula is C22H40N2O7. The minimum atomic E-state index is -1.10. The van der Waals surface area contributed by atoms with E-state index >= 15 is 0 Å². The smallest absolute Gasteiger partial charge is 0.408 e. The standard InChI is InChI=1S/C13H21NO3.C7H13NO4.C2H6/c1-12-2-4-13(5-3-12)17-11-10-16-9-8-15-7-6-14;1-7(2,3)12-6(11)8-4-5(9)10;1-2/h2-5H,6-11,14H2,1H3;4H2,1-3H3,(H,8,11)(H,9,10);1-2H3. The fourth-order valence-electron chi connectivity index (χ4n) is 1.72. The molecule has 0 saturated carbocycles. The van der Waals surface area contributed by atoms with Crippen molar-refractivity contribution in [2.45, 2.75) is 47.1 Å². The highest BCUT2D eigenvalue weighted by Crippen LogP contribution is 2.10. The summed E-state index contributed by atoms with van der Waals surface area (Å²) in [5.74, 6) is -0.223. The molecule has 0 aromatic heterocycles. The van der Waals surface area contributed by atoms with Gasteiger partial charge in [-0.15, -0.1) is 0 Å². The molecule has 9 nitrogen and oxygen atoms in total. The van der Waals surface area contributed by atoms with E-state index < -0.39 is 24.2 Å². The van der Waals surface area contributed by atoms with Crippen LogP contribution in [0, 0.1) is 6.92 Å². The lowest BCUT2D eigenvalue weighted by molar-refractivity contribution is -0.136. The van der Waals surface area contributed by atoms with Gasteiger partial charge in [0.2, 0.25) is 0 Å². The van der Waals surface area contributed by atoms with E-state index in [4.69, 9.17) is 29.8 Å². The van der Waals surface area contributed by atoms with Gasteiger partial charge in [-0.2, -0.15) is 0 Å². The Bertz CT molecular complexity index is 572. The van der Waals surface area contributed by atoms with Crippen molar-refractivity contribution in [1.29, 1.82) is 0 Å². The van der Waals surface area contributed by atoms with E-state index in [0.29, 0.717) is 39.6 Å². The van der Waals surface area contributed by atoms with Crippen molar-refractivity contribution in [3.8, 4) is 5.75 Å². The molecular weight excluding hydrogens is 404 g/mol. The van der Waals surface area contributed by atoms with Crippen LogP contribution in [-0.2, 0) is 19.0 Å². The Morgan fingerprint density at radius 1 is 0.968 bits per heavy atom. The van der Waals surface area contributed by atoms with Crippen molar-refractivity contribution in [2.75, 3.05) is 46.1 Å². The summed E-state index contributed by atoms with van der Waals surface area (Å²) >= 11 is 0. The largest absolute Gasteiger partial charge is 0.491 e. The number of carbonyl (C=O) groups is 2. The van der Waals surface area contributed by atoms with Crippen molar-refractivity contribution in [3.05, 3.63) is 29.8 Å². The van der Waals surface area contributed by atoms with E-state index in [0.717, 1.165) is 5.75 Å². The summed E-state index contributed by atoms with van der Waals surface area (Å²) in [4.78, 5) is 20.8. The number of alkyl carbamates (subject to hydrolysis) is 1. The molecule has 0 aliphatic heterocycles. The summed E-state index contributed by atoms with van der Waals surface area (Å²) in [6.45, 7) is 14.2. The maximum Gasteiger partial charge on any atom is 0.408 e. The fraction of sp³-hybridized carbons (Fsp3) is 0.636. The zero-order valence-electron chi connectivity index (χ0n) is 19.7. The first-order valence-electron chi connectivity index (χ1n) is 10.4. The third kappa shape index (κ3) is 23.8. The number of carbonyl (C=O) groups excluding carboxylic acids is 1. The number of hydrogen-bond acceptors (Lipinski definition) is 7. The number of hydrogen-bond donors (Lipinski definition) is 3. The van der Waals surface area contributed by atoms with Crippen LogP contribution in [0.25, 0.3) is 0 Å². The third-order valence-electron chi connectivity index (χ3n) is 2.93. The number of nitrogens with one attached hydrogen (secondary N) is 1. The van der Waals surface area contributed by atoms with Crippen LogP contribution >= 0.6 is 0 Å². The molecule has 0 atom stereocenters. The van der Waals surface area contributed by atoms with Crippen molar-refractivity contribution in [1.82, 2.24) is 5.32 Å². The van der Waals surface area contributed by atoms with Gasteiger partial charge < -0.3 is 35.1 Å². The summed E-state index contributed by atoms with van der Waals surface area (Å²) in [6, 6.07) is 7.97. The number of carboxylic acids is 1. The lowest BCUT2D eigenvalue weighted by Gasteiger charge is -2.19. The van der Waals surface area contributed by atoms with E-state index in [1.807, 2.05) is 45.0 Å². The third-order valence-corrected chi connectivity index (χ3v) is 2.93. The summed E-state index contributed by atoms with van der Waals surface area (Å²) < 4.78 is 20.8. The first kappa shape index (κ1) is 30.8. The normalized spacial score (nSPS) is 10.0. The van der Waals surface area contributed by atoms with Gasteiger partial charge in [0.1, 0.15) is 24.5 Å². The summed E-state index contributed by atoms with van der Waals surface area (Å²) in [5.41, 5.74) is 5.91. The molecule has 9 heteroatoms. The number of aliphatic carboxylic acids is 1. The number of nitrogens with two attached hydrogens (primary N) is 1. The molecule has 4 N–H and O–H groups in total. The van der Waals surface area contributed by atoms with E-state index in [2.05, 4.69) is 5.32 Å². The van der Waals surface area contributed by atoms with Gasteiger partial charge in [0, 0.05) is 6.54 Å². The second-order valence-corrected chi connectivity index (χ2v) is 6.92. The average Bonchev–Trinajstić information content (AvgIpc) is 2.70. The van der Waals surface area contributed by atoms with Gasteiger partial charge in [-0.1, -0.05) is 31.5 Å². The summed E-state index contributed by atoms with van der Waals surface area (Å²) in [6.07, 6.45) is -0.718. The lowest BCUT2D eigenvalue weighted by atomic mass is 10.2. The van der Waals surface area contributed by atoms with Crippen LogP contribution in [0.5, 0.6) is 5.75 Å². The first-order chi connectivity index (χ1) is 14.6.